The van der Waals surface area contributed by atoms with Gasteiger partial charge in [0.05, 0.1) is 15.6 Å². The van der Waals surface area contributed by atoms with Gasteiger partial charge in [0.15, 0.2) is 0 Å². The van der Waals surface area contributed by atoms with E-state index in [2.05, 4.69) is 4.67 Å². The van der Waals surface area contributed by atoms with Gasteiger partial charge < -0.3 is 33.6 Å². The van der Waals surface area contributed by atoms with Crippen molar-refractivity contribution < 1.29 is 43.5 Å². The first-order chi connectivity index (χ1) is 4.56. The van der Waals surface area contributed by atoms with Crippen molar-refractivity contribution in [3.05, 3.63) is 0 Å². The maximum atomic E-state index is 9.00. The van der Waals surface area contributed by atoms with E-state index < -0.39 is 15.6 Å². The topological polar surface area (TPSA) is 176 Å². The summed E-state index contributed by atoms with van der Waals surface area (Å²) in [5.74, 6) is 0. The largest absolute Gasteiger partial charge is 2.00 e. The molecule has 0 aliphatic heterocycles. The van der Waals surface area contributed by atoms with Crippen LogP contribution >= 0.6 is 15.6 Å². The van der Waals surface area contributed by atoms with Gasteiger partial charge in [-0.3, -0.25) is 0 Å². The quantitative estimate of drug-likeness (QED) is 0.208. The Morgan fingerprint density at radius 3 is 1.08 bits per heavy atom. The molecular weight excluding hydrogens is 286 g/mol. The van der Waals surface area contributed by atoms with Gasteiger partial charge in [-0.25, -0.2) is 9.93 Å². The van der Waals surface area contributed by atoms with Gasteiger partial charge in [0.2, 0.25) is 0 Å². The van der Waals surface area contributed by atoms with Crippen molar-refractivity contribution in [3.63, 3.8) is 0 Å². The molecule has 0 fully saturated rings. The van der Waals surface area contributed by atoms with Crippen LogP contribution in [0.5, 0.6) is 0 Å². The number of phosphoric acid groups is 2. The van der Waals surface area contributed by atoms with E-state index >= 15 is 0 Å². The van der Waals surface area contributed by atoms with E-state index in [1.807, 2.05) is 0 Å². The second-order valence-electron chi connectivity index (χ2n) is 0.997. The Morgan fingerprint density at radius 1 is 1.00 bits per heavy atom. The van der Waals surface area contributed by atoms with Gasteiger partial charge in [-0.15, -0.1) is 0 Å². The van der Waals surface area contributed by atoms with Gasteiger partial charge in [0.1, 0.15) is 0 Å². The van der Waals surface area contributed by atoms with Crippen molar-refractivity contribution in [2.45, 2.75) is 0 Å². The van der Waals surface area contributed by atoms with Crippen molar-refractivity contribution >= 4 is 91.1 Å². The van der Waals surface area contributed by atoms with Crippen LogP contribution in [0.2, 0.25) is 0 Å². The van der Waals surface area contributed by atoms with Crippen LogP contribution < -0.4 is 19.6 Å². The molecule has 0 aromatic heterocycles. The average Bonchev–Trinajstić information content (AvgIpc) is 1.59. The molecule has 0 atom stereocenters. The Balaban J connectivity index is -0.0000000546. The van der Waals surface area contributed by atoms with Crippen LogP contribution in [0.15, 0.2) is 0 Å². The fraction of sp³-hybridized carbons (Fsp3) is 0. The average molecular weight is 288 g/mol. The van der Waals surface area contributed by atoms with Crippen LogP contribution in [0.3, 0.4) is 0 Å². The molecular formula is H2Ca2O9P2. The number of hydrogen-bond acceptors (Lipinski definition) is 8. The zero-order valence-corrected chi connectivity index (χ0v) is 12.3. The second-order valence-corrected chi connectivity index (χ2v) is 2.99. The minimum atomic E-state index is -5.14. The summed E-state index contributed by atoms with van der Waals surface area (Å²) in [6.07, 6.45) is 0. The van der Waals surface area contributed by atoms with E-state index in [0.717, 1.165) is 0 Å². The smallest absolute Gasteiger partial charge is 0.790 e. The molecule has 70 valence electrons. The Bertz CT molecular complexity index is 168. The van der Waals surface area contributed by atoms with Gasteiger partial charge in [-0.2, -0.15) is 0 Å². The molecule has 13 heavy (non-hydrogen) atoms. The van der Waals surface area contributed by atoms with Gasteiger partial charge in [0.25, 0.3) is 0 Å². The predicted octanol–water partition coefficient (Wildman–Crippen LogP) is -4.65. The molecule has 0 aliphatic carbocycles. The van der Waals surface area contributed by atoms with Crippen molar-refractivity contribution in [1.82, 2.24) is 0 Å². The SMILES string of the molecule is O=P([O-])([O-])O.O=P([O-])([O-])OO.[Ca+2].[Ca+2]. The van der Waals surface area contributed by atoms with Crippen LogP contribution in [0.25, 0.3) is 0 Å². The van der Waals surface area contributed by atoms with Crippen molar-refractivity contribution in [2.75, 3.05) is 0 Å². The third kappa shape index (κ3) is 73.0. The van der Waals surface area contributed by atoms with E-state index in [9.17, 15) is 0 Å². The van der Waals surface area contributed by atoms with Crippen LogP contribution in [0.4, 0.5) is 0 Å². The minimum Gasteiger partial charge on any atom is -0.790 e. The molecule has 2 N–H and O–H groups in total. The van der Waals surface area contributed by atoms with Gasteiger partial charge in [0, 0.05) is 0 Å². The molecule has 0 rings (SSSR count). The summed E-state index contributed by atoms with van der Waals surface area (Å²) in [5, 5.41) is 7.01. The monoisotopic (exact) mass is 288 g/mol. The predicted molar refractivity (Wildman–Crippen MR) is 32.7 cm³/mol. The van der Waals surface area contributed by atoms with Crippen molar-refractivity contribution in [2.24, 2.45) is 0 Å². The fourth-order valence-corrected chi connectivity index (χ4v) is 0. The first kappa shape index (κ1) is 24.8. The standard InChI is InChI=1S/2Ca.H3O5P.H3O4P/c;;1-5-6(2,3)4;1-5(2,3)4/h;;1H,(H2,2,3,4);(H3,1,2,3,4)/q2*+2;;/p-4. The molecule has 0 radical (unpaired) electrons. The molecule has 0 amide bonds. The summed E-state index contributed by atoms with van der Waals surface area (Å²) < 4.78 is 20.0. The zero-order chi connectivity index (χ0) is 9.71. The van der Waals surface area contributed by atoms with Crippen LogP contribution in [0.1, 0.15) is 0 Å². The third-order valence-electron chi connectivity index (χ3n) is 0.100. The van der Waals surface area contributed by atoms with Crippen LogP contribution in [-0.4, -0.2) is 85.6 Å². The molecule has 9 nitrogen and oxygen atoms in total. The van der Waals surface area contributed by atoms with Crippen molar-refractivity contribution in [1.29, 1.82) is 0 Å². The van der Waals surface area contributed by atoms with E-state index in [4.69, 9.17) is 38.9 Å². The molecule has 0 aliphatic rings. The van der Waals surface area contributed by atoms with Crippen LogP contribution in [0, 0.1) is 0 Å². The number of hydrogen-bond donors (Lipinski definition) is 2. The molecule has 0 heterocycles. The van der Waals surface area contributed by atoms with Gasteiger partial charge in [-0.05, 0) is 0 Å². The van der Waals surface area contributed by atoms with E-state index in [1.165, 1.54) is 0 Å². The molecule has 0 saturated carbocycles. The van der Waals surface area contributed by atoms with Crippen molar-refractivity contribution in [3.8, 4) is 0 Å². The van der Waals surface area contributed by atoms with E-state index in [-0.39, 0.29) is 75.5 Å². The Morgan fingerprint density at radius 2 is 1.08 bits per heavy atom. The van der Waals surface area contributed by atoms with E-state index in [0.29, 0.717) is 0 Å². The Kier molecular flexibility index (Phi) is 21.3. The Labute approximate surface area is 133 Å². The minimum absolute atomic E-state index is 0. The van der Waals surface area contributed by atoms with Crippen LogP contribution in [-0.2, 0) is 13.8 Å². The Hall–Kier alpha value is 2.70. The maximum absolute atomic E-state index is 9.00. The summed E-state index contributed by atoms with van der Waals surface area (Å²) in [6.45, 7) is 0. The third-order valence-corrected chi connectivity index (χ3v) is 0.300. The summed E-state index contributed by atoms with van der Waals surface area (Å²) in [4.78, 5) is 42.3. The zero-order valence-electron chi connectivity index (χ0n) is 6.06. The normalized spacial score (nSPS) is 10.0. The first-order valence-electron chi connectivity index (χ1n) is 1.66. The molecule has 0 unspecified atom stereocenters. The van der Waals surface area contributed by atoms with E-state index in [1.54, 1.807) is 0 Å². The summed E-state index contributed by atoms with van der Waals surface area (Å²) in [6, 6.07) is 0. The summed E-state index contributed by atoms with van der Waals surface area (Å²) >= 11 is 0. The summed E-state index contributed by atoms with van der Waals surface area (Å²) in [5.41, 5.74) is 0. The maximum Gasteiger partial charge on any atom is 2.00 e. The van der Waals surface area contributed by atoms with Gasteiger partial charge >= 0.3 is 75.5 Å². The molecule has 0 bridgehead atoms. The molecule has 13 heteroatoms. The molecule has 0 saturated heterocycles. The first-order valence-corrected chi connectivity index (χ1v) is 4.62. The number of rotatable bonds is 1. The summed E-state index contributed by atoms with van der Waals surface area (Å²) in [7, 11) is -10.2. The second kappa shape index (κ2) is 11.2. The van der Waals surface area contributed by atoms with Gasteiger partial charge in [-0.1, -0.05) is 0 Å². The molecule has 0 spiro atoms. The molecule has 0 aromatic carbocycles. The fourth-order valence-electron chi connectivity index (χ4n) is 0. The molecule has 0 aromatic rings.